The number of benzene rings is 1. The van der Waals surface area contributed by atoms with E-state index in [1.54, 1.807) is 0 Å². The van der Waals surface area contributed by atoms with Crippen molar-refractivity contribution in [3.63, 3.8) is 0 Å². The molecule has 3 rings (SSSR count). The van der Waals surface area contributed by atoms with E-state index < -0.39 is 0 Å². The summed E-state index contributed by atoms with van der Waals surface area (Å²) in [4.78, 5) is 2.50. The fraction of sp³-hybridized carbons (Fsp3) is 0.385. The lowest BCUT2D eigenvalue weighted by molar-refractivity contribution is 0.331. The van der Waals surface area contributed by atoms with Gasteiger partial charge in [-0.3, -0.25) is 4.90 Å². The highest BCUT2D eigenvalue weighted by atomic mass is 16.3. The first-order valence-corrected chi connectivity index (χ1v) is 5.61. The SMILES string of the molecule is c1ccc2c(CN3CCCC3)coc2c1. The highest BCUT2D eigenvalue weighted by molar-refractivity contribution is 5.80. The van der Waals surface area contributed by atoms with Gasteiger partial charge in [0.2, 0.25) is 0 Å². The van der Waals surface area contributed by atoms with Crippen LogP contribution in [0.25, 0.3) is 11.0 Å². The van der Waals surface area contributed by atoms with Crippen LogP contribution in [-0.2, 0) is 6.54 Å². The normalized spacial score (nSPS) is 17.6. The number of fused-ring (bicyclic) bond motifs is 1. The number of furan rings is 1. The molecule has 0 N–H and O–H groups in total. The Bertz CT molecular complexity index is 454. The van der Waals surface area contributed by atoms with Crippen LogP contribution in [0, 0.1) is 0 Å². The van der Waals surface area contributed by atoms with Crippen molar-refractivity contribution in [3.8, 4) is 0 Å². The standard InChI is InChI=1S/C13H15NO/c1-2-6-13-12(5-1)11(10-15-13)9-14-7-3-4-8-14/h1-2,5-6,10H,3-4,7-9H2. The average Bonchev–Trinajstić information content (AvgIpc) is 2.89. The van der Waals surface area contributed by atoms with Gasteiger partial charge in [0.1, 0.15) is 5.58 Å². The first kappa shape index (κ1) is 8.98. The van der Waals surface area contributed by atoms with Crippen LogP contribution in [0.15, 0.2) is 34.9 Å². The number of hydrogen-bond donors (Lipinski definition) is 0. The summed E-state index contributed by atoms with van der Waals surface area (Å²) in [5.41, 5.74) is 2.33. The molecule has 15 heavy (non-hydrogen) atoms. The average molecular weight is 201 g/mol. The molecular formula is C13H15NO. The first-order valence-electron chi connectivity index (χ1n) is 5.61. The number of rotatable bonds is 2. The highest BCUT2D eigenvalue weighted by Crippen LogP contribution is 2.23. The molecule has 1 aliphatic heterocycles. The fourth-order valence-electron chi connectivity index (χ4n) is 2.34. The molecule has 1 aromatic heterocycles. The van der Waals surface area contributed by atoms with Gasteiger partial charge in [-0.2, -0.15) is 0 Å². The highest BCUT2D eigenvalue weighted by Gasteiger charge is 2.14. The Labute approximate surface area is 89.5 Å². The molecule has 2 aromatic rings. The van der Waals surface area contributed by atoms with Gasteiger partial charge in [0, 0.05) is 17.5 Å². The van der Waals surface area contributed by atoms with Crippen LogP contribution < -0.4 is 0 Å². The van der Waals surface area contributed by atoms with E-state index in [-0.39, 0.29) is 0 Å². The summed E-state index contributed by atoms with van der Waals surface area (Å²) >= 11 is 0. The molecule has 0 amide bonds. The van der Waals surface area contributed by atoms with Gasteiger partial charge in [-0.1, -0.05) is 18.2 Å². The van der Waals surface area contributed by atoms with Crippen molar-refractivity contribution in [2.45, 2.75) is 19.4 Å². The van der Waals surface area contributed by atoms with Gasteiger partial charge in [0.05, 0.1) is 6.26 Å². The molecular weight excluding hydrogens is 186 g/mol. The first-order chi connectivity index (χ1) is 7.43. The third-order valence-corrected chi connectivity index (χ3v) is 3.15. The Kier molecular flexibility index (Phi) is 2.22. The quantitative estimate of drug-likeness (QED) is 0.742. The molecule has 0 radical (unpaired) electrons. The van der Waals surface area contributed by atoms with Gasteiger partial charge in [0.25, 0.3) is 0 Å². The largest absolute Gasteiger partial charge is 0.464 e. The smallest absolute Gasteiger partial charge is 0.134 e. The zero-order chi connectivity index (χ0) is 10.1. The van der Waals surface area contributed by atoms with Gasteiger partial charge in [-0.05, 0) is 32.0 Å². The summed E-state index contributed by atoms with van der Waals surface area (Å²) < 4.78 is 5.53. The van der Waals surface area contributed by atoms with Crippen molar-refractivity contribution in [1.29, 1.82) is 0 Å². The molecule has 2 heteroatoms. The van der Waals surface area contributed by atoms with Gasteiger partial charge in [-0.25, -0.2) is 0 Å². The Balaban J connectivity index is 1.90. The maximum atomic E-state index is 5.53. The van der Waals surface area contributed by atoms with E-state index in [2.05, 4.69) is 17.0 Å². The minimum atomic E-state index is 1.01. The molecule has 2 heterocycles. The van der Waals surface area contributed by atoms with Crippen LogP contribution >= 0.6 is 0 Å². The summed E-state index contributed by atoms with van der Waals surface area (Å²) in [6, 6.07) is 8.27. The summed E-state index contributed by atoms with van der Waals surface area (Å²) in [5, 5.41) is 1.27. The molecule has 0 spiro atoms. The third-order valence-electron chi connectivity index (χ3n) is 3.15. The summed E-state index contributed by atoms with van der Waals surface area (Å²) in [6.45, 7) is 3.51. The topological polar surface area (TPSA) is 16.4 Å². The van der Waals surface area contributed by atoms with Crippen molar-refractivity contribution in [3.05, 3.63) is 36.1 Å². The van der Waals surface area contributed by atoms with Gasteiger partial charge in [0.15, 0.2) is 0 Å². The maximum Gasteiger partial charge on any atom is 0.134 e. The summed E-state index contributed by atoms with van der Waals surface area (Å²) in [5.74, 6) is 0. The van der Waals surface area contributed by atoms with E-state index in [0.717, 1.165) is 12.1 Å². The molecule has 0 bridgehead atoms. The Morgan fingerprint density at radius 1 is 1.13 bits per heavy atom. The van der Waals surface area contributed by atoms with Gasteiger partial charge in [-0.15, -0.1) is 0 Å². The molecule has 1 aliphatic rings. The fourth-order valence-corrected chi connectivity index (χ4v) is 2.34. The van der Waals surface area contributed by atoms with Crippen molar-refractivity contribution in [2.75, 3.05) is 13.1 Å². The second-order valence-corrected chi connectivity index (χ2v) is 4.24. The van der Waals surface area contributed by atoms with E-state index in [9.17, 15) is 0 Å². The Morgan fingerprint density at radius 3 is 2.80 bits per heavy atom. The van der Waals surface area contributed by atoms with E-state index in [0.29, 0.717) is 0 Å². The summed E-state index contributed by atoms with van der Waals surface area (Å²) in [6.07, 6.45) is 4.59. The lowest BCUT2D eigenvalue weighted by Gasteiger charge is -2.12. The van der Waals surface area contributed by atoms with Crippen LogP contribution in [0.2, 0.25) is 0 Å². The molecule has 0 unspecified atom stereocenters. The van der Waals surface area contributed by atoms with Crippen LogP contribution in [0.4, 0.5) is 0 Å². The van der Waals surface area contributed by atoms with Crippen molar-refractivity contribution < 1.29 is 4.42 Å². The van der Waals surface area contributed by atoms with Crippen LogP contribution in [-0.4, -0.2) is 18.0 Å². The predicted molar refractivity (Wildman–Crippen MR) is 60.7 cm³/mol. The monoisotopic (exact) mass is 201 g/mol. The summed E-state index contributed by atoms with van der Waals surface area (Å²) in [7, 11) is 0. The predicted octanol–water partition coefficient (Wildman–Crippen LogP) is 3.03. The van der Waals surface area contributed by atoms with E-state index in [4.69, 9.17) is 4.42 Å². The Hall–Kier alpha value is -1.28. The van der Waals surface area contributed by atoms with Crippen molar-refractivity contribution in [2.24, 2.45) is 0 Å². The second-order valence-electron chi connectivity index (χ2n) is 4.24. The molecule has 0 atom stereocenters. The minimum absolute atomic E-state index is 1.01. The molecule has 0 aliphatic carbocycles. The maximum absolute atomic E-state index is 5.53. The molecule has 1 aromatic carbocycles. The molecule has 2 nitrogen and oxygen atoms in total. The van der Waals surface area contributed by atoms with E-state index in [1.807, 2.05) is 18.4 Å². The number of hydrogen-bond acceptors (Lipinski definition) is 2. The van der Waals surface area contributed by atoms with E-state index >= 15 is 0 Å². The third kappa shape index (κ3) is 1.65. The number of likely N-dealkylation sites (tertiary alicyclic amines) is 1. The van der Waals surface area contributed by atoms with Crippen molar-refractivity contribution >= 4 is 11.0 Å². The molecule has 1 fully saturated rings. The zero-order valence-electron chi connectivity index (χ0n) is 8.78. The Morgan fingerprint density at radius 2 is 1.93 bits per heavy atom. The van der Waals surface area contributed by atoms with Gasteiger partial charge >= 0.3 is 0 Å². The van der Waals surface area contributed by atoms with Crippen LogP contribution in [0.1, 0.15) is 18.4 Å². The van der Waals surface area contributed by atoms with Crippen LogP contribution in [0.5, 0.6) is 0 Å². The molecule has 78 valence electrons. The lowest BCUT2D eigenvalue weighted by Crippen LogP contribution is -2.17. The van der Waals surface area contributed by atoms with Crippen LogP contribution in [0.3, 0.4) is 0 Å². The second kappa shape index (κ2) is 3.70. The van der Waals surface area contributed by atoms with E-state index in [1.165, 1.54) is 36.9 Å². The lowest BCUT2D eigenvalue weighted by atomic mass is 10.2. The number of nitrogens with zero attached hydrogens (tertiary/aromatic N) is 1. The molecule has 0 saturated carbocycles. The number of para-hydroxylation sites is 1. The zero-order valence-corrected chi connectivity index (χ0v) is 8.78. The molecule has 1 saturated heterocycles. The van der Waals surface area contributed by atoms with Crippen molar-refractivity contribution in [1.82, 2.24) is 4.90 Å². The minimum Gasteiger partial charge on any atom is -0.464 e. The van der Waals surface area contributed by atoms with Gasteiger partial charge < -0.3 is 4.42 Å².